The summed E-state index contributed by atoms with van der Waals surface area (Å²) >= 11 is 1.29. The molecule has 1 aliphatic heterocycles. The lowest BCUT2D eigenvalue weighted by Gasteiger charge is -2.32. The van der Waals surface area contributed by atoms with Crippen molar-refractivity contribution in [2.75, 3.05) is 20.8 Å². The number of carbonyl (C=O) groups excluding carboxylic acids is 1. The average Bonchev–Trinajstić information content (AvgIpc) is 2.90. The molecule has 0 bridgehead atoms. The number of amides is 1. The van der Waals surface area contributed by atoms with Gasteiger partial charge in [0.05, 0.1) is 27.4 Å². The molecule has 1 amide bonds. The maximum Gasteiger partial charge on any atom is 0.425 e. The van der Waals surface area contributed by atoms with E-state index in [9.17, 15) is 4.79 Å². The number of hydrogen-bond donors (Lipinski definition) is 0. The van der Waals surface area contributed by atoms with Crippen LogP contribution in [0, 0.1) is 11.8 Å². The summed E-state index contributed by atoms with van der Waals surface area (Å²) in [4.78, 5) is 13.6. The second kappa shape index (κ2) is 11.3. The molecule has 37 heavy (non-hydrogen) atoms. The Hall–Kier alpha value is -3.52. The summed E-state index contributed by atoms with van der Waals surface area (Å²) in [7, 11) is 3.21. The SMILES string of the molecule is COc1cc(CN2Sc3c(OC)cc(OCC4CC(C)C4)cc3OC2=O)ccc1OCc1ccccc1. The second-order valence-corrected chi connectivity index (χ2v) is 10.5. The third kappa shape index (κ3) is 5.91. The first-order valence-corrected chi connectivity index (χ1v) is 13.2. The molecule has 0 spiro atoms. The third-order valence-corrected chi connectivity index (χ3v) is 7.65. The van der Waals surface area contributed by atoms with Crippen molar-refractivity contribution in [3.8, 4) is 28.7 Å². The van der Waals surface area contributed by atoms with Crippen LogP contribution >= 0.6 is 11.9 Å². The van der Waals surface area contributed by atoms with Crippen LogP contribution in [0.5, 0.6) is 28.7 Å². The van der Waals surface area contributed by atoms with Crippen LogP contribution in [0.3, 0.4) is 0 Å². The van der Waals surface area contributed by atoms with Gasteiger partial charge in [0.25, 0.3) is 0 Å². The van der Waals surface area contributed by atoms with E-state index in [1.165, 1.54) is 24.8 Å². The lowest BCUT2D eigenvalue weighted by molar-refractivity contribution is 0.130. The molecule has 0 N–H and O–H groups in total. The van der Waals surface area contributed by atoms with Gasteiger partial charge in [-0.3, -0.25) is 0 Å². The summed E-state index contributed by atoms with van der Waals surface area (Å²) < 4.78 is 30.3. The molecule has 0 saturated heterocycles. The fourth-order valence-electron chi connectivity index (χ4n) is 4.59. The van der Waals surface area contributed by atoms with Gasteiger partial charge in [0.15, 0.2) is 17.2 Å². The highest BCUT2D eigenvalue weighted by Crippen LogP contribution is 2.47. The molecule has 1 heterocycles. The molecule has 3 aromatic rings. The molecule has 1 fully saturated rings. The Balaban J connectivity index is 1.26. The first kappa shape index (κ1) is 25.1. The van der Waals surface area contributed by atoms with Gasteiger partial charge in [0.2, 0.25) is 0 Å². The summed E-state index contributed by atoms with van der Waals surface area (Å²) in [6.07, 6.45) is 1.92. The molecule has 7 nitrogen and oxygen atoms in total. The first-order chi connectivity index (χ1) is 18.0. The molecule has 5 rings (SSSR count). The number of rotatable bonds is 10. The lowest BCUT2D eigenvalue weighted by atomic mass is 9.77. The second-order valence-electron chi connectivity index (χ2n) is 9.46. The van der Waals surface area contributed by atoms with Crippen LogP contribution in [0.15, 0.2) is 65.6 Å². The van der Waals surface area contributed by atoms with Crippen LogP contribution in [0.1, 0.15) is 30.9 Å². The van der Waals surface area contributed by atoms with E-state index in [0.29, 0.717) is 54.4 Å². The van der Waals surface area contributed by atoms with Crippen molar-refractivity contribution in [2.45, 2.75) is 37.8 Å². The van der Waals surface area contributed by atoms with Gasteiger partial charge in [-0.05, 0) is 47.9 Å². The number of carbonyl (C=O) groups is 1. The van der Waals surface area contributed by atoms with Crippen LogP contribution in [0.2, 0.25) is 0 Å². The number of hydrogen-bond acceptors (Lipinski definition) is 7. The zero-order valence-corrected chi connectivity index (χ0v) is 22.1. The highest BCUT2D eigenvalue weighted by Gasteiger charge is 2.31. The highest BCUT2D eigenvalue weighted by molar-refractivity contribution is 7.97. The topological polar surface area (TPSA) is 66.5 Å². The maximum atomic E-state index is 12.9. The highest BCUT2D eigenvalue weighted by atomic mass is 32.2. The smallest absolute Gasteiger partial charge is 0.425 e. The van der Waals surface area contributed by atoms with E-state index in [1.807, 2.05) is 54.6 Å². The van der Waals surface area contributed by atoms with E-state index in [1.54, 1.807) is 24.6 Å². The largest absolute Gasteiger partial charge is 0.495 e. The van der Waals surface area contributed by atoms with Gasteiger partial charge >= 0.3 is 6.09 Å². The molecule has 0 radical (unpaired) electrons. The Labute approximate surface area is 221 Å². The van der Waals surface area contributed by atoms with E-state index >= 15 is 0 Å². The Morgan fingerprint density at radius 3 is 2.43 bits per heavy atom. The normalized spacial score (nSPS) is 18.4. The summed E-state index contributed by atoms with van der Waals surface area (Å²) in [6.45, 7) is 3.67. The van der Waals surface area contributed by atoms with Gasteiger partial charge < -0.3 is 23.7 Å². The van der Waals surface area contributed by atoms with Crippen molar-refractivity contribution in [3.05, 3.63) is 71.8 Å². The fourth-order valence-corrected chi connectivity index (χ4v) is 5.56. The average molecular weight is 522 g/mol. The van der Waals surface area contributed by atoms with Crippen molar-refractivity contribution in [2.24, 2.45) is 11.8 Å². The predicted octanol–water partition coefficient (Wildman–Crippen LogP) is 6.73. The van der Waals surface area contributed by atoms with E-state index < -0.39 is 6.09 Å². The molecular formula is C29H31NO6S. The van der Waals surface area contributed by atoms with Gasteiger partial charge in [-0.15, -0.1) is 0 Å². The van der Waals surface area contributed by atoms with Gasteiger partial charge in [0, 0.05) is 24.1 Å². The Morgan fingerprint density at radius 2 is 1.70 bits per heavy atom. The van der Waals surface area contributed by atoms with E-state index in [4.69, 9.17) is 23.7 Å². The summed E-state index contributed by atoms with van der Waals surface area (Å²) in [5, 5.41) is 0. The van der Waals surface area contributed by atoms with Crippen LogP contribution < -0.4 is 23.7 Å². The van der Waals surface area contributed by atoms with Crippen molar-refractivity contribution >= 4 is 18.0 Å². The van der Waals surface area contributed by atoms with Crippen molar-refractivity contribution in [3.63, 3.8) is 0 Å². The maximum absolute atomic E-state index is 12.9. The van der Waals surface area contributed by atoms with Gasteiger partial charge in [-0.2, -0.15) is 0 Å². The zero-order valence-electron chi connectivity index (χ0n) is 21.3. The number of benzene rings is 3. The standard InChI is InChI=1S/C29H31NO6S/c1-19-11-22(12-19)18-34-23-14-26(33-3)28-27(15-23)36-29(31)30(37-28)16-21-9-10-24(25(13-21)32-2)35-17-20-7-5-4-6-8-20/h4-10,13-15,19,22H,11-12,16-18H2,1-3H3. The minimum Gasteiger partial charge on any atom is -0.495 e. The fraction of sp³-hybridized carbons (Fsp3) is 0.345. The van der Waals surface area contributed by atoms with E-state index in [0.717, 1.165) is 21.9 Å². The van der Waals surface area contributed by atoms with Crippen molar-refractivity contribution in [1.82, 2.24) is 4.31 Å². The Morgan fingerprint density at radius 1 is 0.919 bits per heavy atom. The number of nitrogens with zero attached hydrogens (tertiary/aromatic N) is 1. The van der Waals surface area contributed by atoms with Gasteiger partial charge in [-0.1, -0.05) is 43.3 Å². The number of fused-ring (bicyclic) bond motifs is 1. The van der Waals surface area contributed by atoms with Crippen LogP contribution in [0.25, 0.3) is 0 Å². The van der Waals surface area contributed by atoms with Crippen LogP contribution in [-0.4, -0.2) is 31.2 Å². The minimum atomic E-state index is -0.451. The zero-order chi connectivity index (χ0) is 25.8. The molecule has 3 aromatic carbocycles. The van der Waals surface area contributed by atoms with E-state index in [2.05, 4.69) is 6.92 Å². The molecule has 1 aliphatic carbocycles. The Bertz CT molecular complexity index is 1240. The van der Waals surface area contributed by atoms with Crippen LogP contribution in [0.4, 0.5) is 4.79 Å². The summed E-state index contributed by atoms with van der Waals surface area (Å²) in [5.74, 6) is 4.30. The molecule has 8 heteroatoms. The quantitative estimate of drug-likeness (QED) is 0.274. The predicted molar refractivity (Wildman–Crippen MR) is 142 cm³/mol. The monoisotopic (exact) mass is 521 g/mol. The molecule has 2 aliphatic rings. The molecular weight excluding hydrogens is 490 g/mol. The van der Waals surface area contributed by atoms with Crippen molar-refractivity contribution in [1.29, 1.82) is 0 Å². The Kier molecular flexibility index (Phi) is 7.65. The molecule has 0 aromatic heterocycles. The summed E-state index contributed by atoms with van der Waals surface area (Å²) in [5.41, 5.74) is 1.95. The molecule has 1 saturated carbocycles. The molecule has 194 valence electrons. The minimum absolute atomic E-state index is 0.319. The number of methoxy groups -OCH3 is 2. The lowest BCUT2D eigenvalue weighted by Crippen LogP contribution is -2.30. The van der Waals surface area contributed by atoms with E-state index in [-0.39, 0.29) is 0 Å². The molecule has 0 unspecified atom stereocenters. The molecule has 0 atom stereocenters. The van der Waals surface area contributed by atoms with Gasteiger partial charge in [0.1, 0.15) is 23.0 Å². The van der Waals surface area contributed by atoms with Crippen molar-refractivity contribution < 1.29 is 28.5 Å². The van der Waals surface area contributed by atoms with Gasteiger partial charge in [-0.25, -0.2) is 9.10 Å². The first-order valence-electron chi connectivity index (χ1n) is 12.4. The van der Waals surface area contributed by atoms with Crippen LogP contribution in [-0.2, 0) is 13.2 Å². The number of ether oxygens (including phenoxy) is 5. The third-order valence-electron chi connectivity index (χ3n) is 6.57. The summed E-state index contributed by atoms with van der Waals surface area (Å²) in [6, 6.07) is 19.2.